The van der Waals surface area contributed by atoms with Crippen LogP contribution in [-0.2, 0) is 32.7 Å². The van der Waals surface area contributed by atoms with Crippen LogP contribution in [0.25, 0.3) is 0 Å². The summed E-state index contributed by atoms with van der Waals surface area (Å²) in [6.07, 6.45) is 52.5. The Bertz CT molecular complexity index is 1280. The SMILES string of the molecule is CC/C=C\C/C=C\C/C=C\CCCCCCCC(=O)NC(COP(=O)(O)OCC(O)COC(=O)CCCCCCCCCCCCCCC/C=C\C/C=C\CCCCC)C(=O)O. The van der Waals surface area contributed by atoms with Gasteiger partial charge in [-0.3, -0.25) is 18.6 Å². The summed E-state index contributed by atoms with van der Waals surface area (Å²) < 4.78 is 26.9. The Morgan fingerprint density at radius 2 is 0.935 bits per heavy atom. The number of phosphoric acid groups is 1. The number of rotatable bonds is 45. The molecule has 11 nitrogen and oxygen atoms in total. The van der Waals surface area contributed by atoms with Gasteiger partial charge in [-0.05, 0) is 77.0 Å². The number of hydrogen-bond donors (Lipinski definition) is 4. The Morgan fingerprint density at radius 1 is 0.532 bits per heavy atom. The third-order valence-electron chi connectivity index (χ3n) is 10.3. The summed E-state index contributed by atoms with van der Waals surface area (Å²) in [5.41, 5.74) is 0. The maximum atomic E-state index is 12.3. The van der Waals surface area contributed by atoms with Gasteiger partial charge in [0.2, 0.25) is 5.91 Å². The number of unbranched alkanes of at least 4 members (excludes halogenated alkanes) is 21. The largest absolute Gasteiger partial charge is 0.480 e. The number of carboxylic acids is 1. The number of phosphoric ester groups is 1. The number of carbonyl (C=O) groups is 3. The van der Waals surface area contributed by atoms with E-state index in [2.05, 4.69) is 79.9 Å². The molecule has 3 atom stereocenters. The van der Waals surface area contributed by atoms with Gasteiger partial charge in [-0.1, -0.05) is 177 Å². The smallest absolute Gasteiger partial charge is 0.472 e. The number of hydrogen-bond acceptors (Lipinski definition) is 8. The molecule has 0 aromatic heterocycles. The zero-order chi connectivity index (χ0) is 45.6. The van der Waals surface area contributed by atoms with Crippen LogP contribution in [-0.4, -0.2) is 64.9 Å². The number of aliphatic carboxylic acids is 1. The molecular formula is C50H88NO10P. The summed E-state index contributed by atoms with van der Waals surface area (Å²) >= 11 is 0. The first-order valence-corrected chi connectivity index (χ1v) is 25.8. The van der Waals surface area contributed by atoms with Crippen molar-refractivity contribution in [2.24, 2.45) is 0 Å². The van der Waals surface area contributed by atoms with E-state index in [0.29, 0.717) is 12.8 Å². The van der Waals surface area contributed by atoms with E-state index in [9.17, 15) is 34.1 Å². The van der Waals surface area contributed by atoms with E-state index >= 15 is 0 Å². The summed E-state index contributed by atoms with van der Waals surface area (Å²) in [7, 11) is -4.77. The van der Waals surface area contributed by atoms with E-state index in [4.69, 9.17) is 13.8 Å². The molecule has 62 heavy (non-hydrogen) atoms. The van der Waals surface area contributed by atoms with Crippen molar-refractivity contribution in [3.8, 4) is 0 Å². The number of esters is 1. The van der Waals surface area contributed by atoms with Gasteiger partial charge >= 0.3 is 19.8 Å². The first-order chi connectivity index (χ1) is 30.1. The van der Waals surface area contributed by atoms with Crippen LogP contribution in [0.1, 0.15) is 206 Å². The number of nitrogens with one attached hydrogen (secondary N) is 1. The summed E-state index contributed by atoms with van der Waals surface area (Å²) in [5.74, 6) is -2.40. The Morgan fingerprint density at radius 3 is 1.40 bits per heavy atom. The summed E-state index contributed by atoms with van der Waals surface area (Å²) in [6, 6.07) is -1.56. The van der Waals surface area contributed by atoms with Crippen LogP contribution in [0.3, 0.4) is 0 Å². The van der Waals surface area contributed by atoms with Crippen molar-refractivity contribution >= 4 is 25.7 Å². The molecule has 0 aliphatic heterocycles. The quantitative estimate of drug-likeness (QED) is 0.0200. The van der Waals surface area contributed by atoms with Crippen molar-refractivity contribution in [3.05, 3.63) is 60.8 Å². The number of allylic oxidation sites excluding steroid dienone is 10. The minimum absolute atomic E-state index is 0.124. The van der Waals surface area contributed by atoms with Crippen molar-refractivity contribution in [2.75, 3.05) is 19.8 Å². The second-order valence-electron chi connectivity index (χ2n) is 16.3. The number of aliphatic hydroxyl groups excluding tert-OH is 1. The van der Waals surface area contributed by atoms with Gasteiger partial charge in [0, 0.05) is 12.8 Å². The standard InChI is InChI=1S/C50H88NO10P/c1-3-5-7-9-11-13-15-17-19-20-21-22-23-24-25-26-28-30-32-34-36-38-40-42-49(54)59-43-46(52)44-60-62(57,58)61-45-47(50(55)56)51-48(53)41-39-37-35-33-31-29-27-18-16-14-12-10-8-6-4-2/h6,8,11-14,17-19,27,46-47,52H,3-5,7,9-10,15-16,20-26,28-45H2,1-2H3,(H,51,53)(H,55,56)(H,57,58)/b8-6-,13-11-,14-12-,19-17-,27-18-. The minimum atomic E-state index is -4.77. The van der Waals surface area contributed by atoms with E-state index in [1.807, 2.05) is 0 Å². The number of amides is 1. The van der Waals surface area contributed by atoms with E-state index in [1.165, 1.54) is 89.9 Å². The van der Waals surface area contributed by atoms with Gasteiger partial charge in [-0.25, -0.2) is 9.36 Å². The fourth-order valence-corrected chi connectivity index (χ4v) is 7.31. The number of carbonyl (C=O) groups excluding carboxylic acids is 2. The van der Waals surface area contributed by atoms with Crippen molar-refractivity contribution < 1.29 is 47.8 Å². The van der Waals surface area contributed by atoms with Gasteiger partial charge in [0.05, 0.1) is 13.2 Å². The molecule has 12 heteroatoms. The molecule has 4 N–H and O–H groups in total. The van der Waals surface area contributed by atoms with Crippen molar-refractivity contribution in [3.63, 3.8) is 0 Å². The Kier molecular flexibility index (Phi) is 42.7. The molecule has 0 saturated carbocycles. The molecule has 0 bridgehead atoms. The zero-order valence-corrected chi connectivity index (χ0v) is 39.8. The Hall–Kier alpha value is -2.82. The first kappa shape index (κ1) is 59.2. The van der Waals surface area contributed by atoms with E-state index in [1.54, 1.807) is 0 Å². The average Bonchev–Trinajstić information content (AvgIpc) is 3.25. The van der Waals surface area contributed by atoms with Crippen LogP contribution in [0.2, 0.25) is 0 Å². The molecule has 1 amide bonds. The molecule has 0 aromatic rings. The number of aliphatic hydroxyl groups is 1. The Balaban J connectivity index is 3.83. The molecule has 0 aliphatic carbocycles. The molecule has 0 spiro atoms. The Labute approximate surface area is 376 Å². The lowest BCUT2D eigenvalue weighted by molar-refractivity contribution is -0.147. The van der Waals surface area contributed by atoms with Gasteiger partial charge in [0.25, 0.3) is 0 Å². The maximum absolute atomic E-state index is 12.3. The van der Waals surface area contributed by atoms with Crippen LogP contribution >= 0.6 is 7.82 Å². The molecule has 3 unspecified atom stereocenters. The van der Waals surface area contributed by atoms with Gasteiger partial charge < -0.3 is 25.2 Å². The van der Waals surface area contributed by atoms with Gasteiger partial charge in [-0.2, -0.15) is 0 Å². The summed E-state index contributed by atoms with van der Waals surface area (Å²) in [5, 5.41) is 21.9. The molecule has 0 aliphatic rings. The van der Waals surface area contributed by atoms with Gasteiger partial charge in [0.15, 0.2) is 6.04 Å². The summed E-state index contributed by atoms with van der Waals surface area (Å²) in [4.78, 5) is 46.0. The van der Waals surface area contributed by atoms with Crippen LogP contribution in [0, 0.1) is 0 Å². The van der Waals surface area contributed by atoms with E-state index in [0.717, 1.165) is 77.0 Å². The highest BCUT2D eigenvalue weighted by atomic mass is 31.2. The molecular weight excluding hydrogens is 806 g/mol. The van der Waals surface area contributed by atoms with Crippen LogP contribution in [0.15, 0.2) is 60.8 Å². The molecule has 0 rings (SSSR count). The highest BCUT2D eigenvalue weighted by Gasteiger charge is 2.28. The van der Waals surface area contributed by atoms with Crippen molar-refractivity contribution in [2.45, 2.75) is 219 Å². The van der Waals surface area contributed by atoms with Crippen LogP contribution < -0.4 is 5.32 Å². The highest BCUT2D eigenvalue weighted by Crippen LogP contribution is 2.43. The normalized spacial score (nSPS) is 14.1. The predicted molar refractivity (Wildman–Crippen MR) is 254 cm³/mol. The summed E-state index contributed by atoms with van der Waals surface area (Å²) in [6.45, 7) is 2.45. The van der Waals surface area contributed by atoms with Crippen LogP contribution in [0.4, 0.5) is 0 Å². The monoisotopic (exact) mass is 894 g/mol. The number of carboxylic acid groups (broad SMARTS) is 1. The highest BCUT2D eigenvalue weighted by molar-refractivity contribution is 7.47. The second-order valence-corrected chi connectivity index (χ2v) is 17.7. The lowest BCUT2D eigenvalue weighted by Gasteiger charge is -2.18. The van der Waals surface area contributed by atoms with Crippen molar-refractivity contribution in [1.82, 2.24) is 5.32 Å². The second kappa shape index (κ2) is 44.8. The van der Waals surface area contributed by atoms with E-state index in [-0.39, 0.29) is 12.8 Å². The minimum Gasteiger partial charge on any atom is -0.480 e. The lowest BCUT2D eigenvalue weighted by Crippen LogP contribution is -2.43. The predicted octanol–water partition coefficient (Wildman–Crippen LogP) is 13.1. The van der Waals surface area contributed by atoms with Crippen molar-refractivity contribution in [1.29, 1.82) is 0 Å². The van der Waals surface area contributed by atoms with Gasteiger partial charge in [0.1, 0.15) is 12.7 Å². The molecule has 0 saturated heterocycles. The maximum Gasteiger partial charge on any atom is 0.472 e. The average molecular weight is 894 g/mol. The fourth-order valence-electron chi connectivity index (χ4n) is 6.54. The third kappa shape index (κ3) is 43.8. The zero-order valence-electron chi connectivity index (χ0n) is 38.9. The molecule has 0 heterocycles. The molecule has 0 fully saturated rings. The topological polar surface area (TPSA) is 169 Å². The lowest BCUT2D eigenvalue weighted by atomic mass is 10.0. The van der Waals surface area contributed by atoms with Crippen LogP contribution in [0.5, 0.6) is 0 Å². The number of ether oxygens (including phenoxy) is 1. The van der Waals surface area contributed by atoms with E-state index < -0.39 is 57.6 Å². The molecule has 0 aromatic carbocycles. The fraction of sp³-hybridized carbons (Fsp3) is 0.740. The molecule has 358 valence electrons. The van der Waals surface area contributed by atoms with Gasteiger partial charge in [-0.15, -0.1) is 0 Å². The molecule has 0 radical (unpaired) electrons. The third-order valence-corrected chi connectivity index (χ3v) is 11.2. The first-order valence-electron chi connectivity index (χ1n) is 24.3.